The van der Waals surface area contributed by atoms with Crippen molar-refractivity contribution >= 4 is 35.3 Å². The zero-order valence-corrected chi connectivity index (χ0v) is 38.3. The molecule has 360 valence electrons. The lowest BCUT2D eigenvalue weighted by Gasteiger charge is -2.37. The van der Waals surface area contributed by atoms with E-state index in [1.54, 1.807) is 63.1 Å². The molecule has 4 aromatic heterocycles. The minimum atomic E-state index is -2.72. The molecule has 2 unspecified atom stereocenters. The summed E-state index contributed by atoms with van der Waals surface area (Å²) in [6, 6.07) is 2.69. The van der Waals surface area contributed by atoms with Gasteiger partial charge in [0.15, 0.2) is 11.3 Å². The van der Waals surface area contributed by atoms with E-state index < -0.39 is 52.4 Å². The van der Waals surface area contributed by atoms with Crippen LogP contribution in [0.2, 0.25) is 0 Å². The number of alkyl carbamates (subject to hydrolysis) is 1. The van der Waals surface area contributed by atoms with Crippen LogP contribution >= 0.6 is 0 Å². The second-order valence-electron chi connectivity index (χ2n) is 20.4. The Bertz CT molecular complexity index is 2420. The van der Waals surface area contributed by atoms with Crippen molar-refractivity contribution < 1.29 is 46.6 Å². The van der Waals surface area contributed by atoms with Gasteiger partial charge in [0, 0.05) is 38.8 Å². The van der Waals surface area contributed by atoms with Crippen molar-refractivity contribution in [3.63, 3.8) is 0 Å². The van der Waals surface area contributed by atoms with Crippen molar-refractivity contribution in [2.24, 2.45) is 28.4 Å². The summed E-state index contributed by atoms with van der Waals surface area (Å²) in [7, 11) is 0. The number of halogens is 4. The summed E-state index contributed by atoms with van der Waals surface area (Å²) in [5.41, 5.74) is 8.26. The highest BCUT2D eigenvalue weighted by Crippen LogP contribution is 2.43. The fourth-order valence-electron chi connectivity index (χ4n) is 9.88. The van der Waals surface area contributed by atoms with Crippen molar-refractivity contribution in [2.75, 3.05) is 13.1 Å². The standard InChI is InChI=1S/C26H35F2N5O5.C20H27F2N5O/c1-24(2,3)38-22(35)31-20(17-6-9-26(27,28)10-7-17)18-15-33-19(30-18)12-16(14-29-33)13-25(4)8-5-11-32(21(25)34)23(36)37;1-19(5-2-8-24-18(19)28)10-13-9-16-26-15(12-27(16)25-11-13)17(23)14-3-6-20(21,22)7-4-14/h12,14-15,17,20H,5-11,13H2,1-4H3,(H,31,35)(H,36,37);9,11-12,14,17H,2-8,10,23H2,1H3,(H,24,28)/t20-,25?;17-,19?/m00/s1. The number of rotatable bonds is 9. The Labute approximate surface area is 380 Å². The number of nitrogens with two attached hydrogens (primary N) is 1. The van der Waals surface area contributed by atoms with Gasteiger partial charge in [0.05, 0.1) is 59.1 Å². The Balaban J connectivity index is 0.000000205. The highest BCUT2D eigenvalue weighted by atomic mass is 19.3. The summed E-state index contributed by atoms with van der Waals surface area (Å²) < 4.78 is 63.2. The fourth-order valence-corrected chi connectivity index (χ4v) is 9.88. The number of fused-ring (bicyclic) bond motifs is 2. The Kier molecular flexibility index (Phi) is 13.8. The van der Waals surface area contributed by atoms with Gasteiger partial charge in [-0.05, 0) is 120 Å². The van der Waals surface area contributed by atoms with E-state index in [1.165, 1.54) is 4.52 Å². The first-order valence-corrected chi connectivity index (χ1v) is 22.9. The van der Waals surface area contributed by atoms with Crippen LogP contribution in [0, 0.1) is 22.7 Å². The number of likely N-dealkylation sites (tertiary alicyclic amines) is 1. The van der Waals surface area contributed by atoms with Gasteiger partial charge in [-0.1, -0.05) is 13.8 Å². The molecule has 66 heavy (non-hydrogen) atoms. The van der Waals surface area contributed by atoms with Crippen LogP contribution in [0.3, 0.4) is 0 Å². The van der Waals surface area contributed by atoms with Gasteiger partial charge in [-0.3, -0.25) is 9.59 Å². The molecule has 0 radical (unpaired) electrons. The van der Waals surface area contributed by atoms with E-state index in [-0.39, 0.29) is 68.9 Å². The van der Waals surface area contributed by atoms with E-state index in [2.05, 4.69) is 30.8 Å². The van der Waals surface area contributed by atoms with Crippen molar-refractivity contribution in [1.29, 1.82) is 0 Å². The van der Waals surface area contributed by atoms with E-state index in [4.69, 9.17) is 10.5 Å². The highest BCUT2D eigenvalue weighted by Gasteiger charge is 2.44. The number of imidazole rings is 2. The van der Waals surface area contributed by atoms with Crippen molar-refractivity contribution in [2.45, 2.75) is 154 Å². The molecule has 16 nitrogen and oxygen atoms in total. The number of hydrogen-bond acceptors (Lipinski definition) is 10. The molecule has 2 saturated heterocycles. The van der Waals surface area contributed by atoms with Crippen LogP contribution < -0.4 is 16.4 Å². The van der Waals surface area contributed by atoms with Crippen molar-refractivity contribution in [3.8, 4) is 0 Å². The zero-order valence-electron chi connectivity index (χ0n) is 38.3. The minimum Gasteiger partial charge on any atom is -0.465 e. The van der Waals surface area contributed by atoms with Crippen LogP contribution in [-0.2, 0) is 27.2 Å². The number of nitrogens with one attached hydrogen (secondary N) is 2. The summed E-state index contributed by atoms with van der Waals surface area (Å²) in [4.78, 5) is 59.4. The summed E-state index contributed by atoms with van der Waals surface area (Å²) in [6.45, 7) is 9.89. The predicted molar refractivity (Wildman–Crippen MR) is 234 cm³/mol. The van der Waals surface area contributed by atoms with E-state index >= 15 is 0 Å². The van der Waals surface area contributed by atoms with Gasteiger partial charge < -0.3 is 26.2 Å². The number of nitrogens with zero attached hydrogens (tertiary/aromatic N) is 7. The van der Waals surface area contributed by atoms with Crippen molar-refractivity contribution in [3.05, 3.63) is 59.4 Å². The van der Waals surface area contributed by atoms with Gasteiger partial charge in [-0.25, -0.2) is 51.0 Å². The number of hydrogen-bond donors (Lipinski definition) is 4. The first kappa shape index (κ1) is 48.5. The third kappa shape index (κ3) is 11.4. The van der Waals surface area contributed by atoms with E-state index in [0.717, 1.165) is 29.8 Å². The van der Waals surface area contributed by atoms with E-state index in [0.29, 0.717) is 66.8 Å². The Hall–Kier alpha value is -5.40. The highest BCUT2D eigenvalue weighted by molar-refractivity contribution is 5.95. The Morgan fingerprint density at radius 2 is 1.35 bits per heavy atom. The summed E-state index contributed by atoms with van der Waals surface area (Å²) >= 11 is 0. The Morgan fingerprint density at radius 1 is 0.833 bits per heavy atom. The van der Waals surface area contributed by atoms with Crippen LogP contribution in [0.25, 0.3) is 11.3 Å². The molecule has 6 heterocycles. The van der Waals surface area contributed by atoms with Gasteiger partial charge in [0.25, 0.3) is 0 Å². The summed E-state index contributed by atoms with van der Waals surface area (Å²) in [5, 5.41) is 24.0. The SMILES string of the molecule is CC(C)(C)OC(=O)N[C@H](c1cn2ncc(CC3(C)CCCN(C(=O)O)C3=O)cc2n1)C1CCC(F)(F)CC1.CC1(Cc2cnn3cc([C@@H](N)C4CCC(F)(F)CC4)nc3c2)CCCNC1=O. The molecule has 4 fully saturated rings. The van der Waals surface area contributed by atoms with Gasteiger partial charge in [0.1, 0.15) is 5.60 Å². The molecule has 0 aromatic carbocycles. The molecule has 0 bridgehead atoms. The number of carbonyl (C=O) groups is 4. The number of carboxylic acid groups (broad SMARTS) is 1. The third-order valence-corrected chi connectivity index (χ3v) is 13.7. The maximum atomic E-state index is 13.9. The average Bonchev–Trinajstić information content (AvgIpc) is 3.86. The first-order chi connectivity index (χ1) is 30.9. The molecule has 4 atom stereocenters. The topological polar surface area (TPSA) is 211 Å². The molecule has 20 heteroatoms. The monoisotopic (exact) mass is 926 g/mol. The largest absolute Gasteiger partial charge is 0.465 e. The molecular formula is C46H62F4N10O6. The smallest absolute Gasteiger partial charge is 0.414 e. The van der Waals surface area contributed by atoms with Crippen molar-refractivity contribution in [1.82, 2.24) is 44.7 Å². The quantitative estimate of drug-likeness (QED) is 0.118. The van der Waals surface area contributed by atoms with Gasteiger partial charge in [0.2, 0.25) is 23.7 Å². The van der Waals surface area contributed by atoms with Gasteiger partial charge in [-0.2, -0.15) is 10.2 Å². The molecule has 0 spiro atoms. The number of piperidine rings is 2. The number of carbonyl (C=O) groups excluding carboxylic acids is 3. The predicted octanol–water partition coefficient (Wildman–Crippen LogP) is 7.98. The lowest BCUT2D eigenvalue weighted by molar-refractivity contribution is -0.142. The fraction of sp³-hybridized carbons (Fsp3) is 0.652. The number of imide groups is 1. The summed E-state index contributed by atoms with van der Waals surface area (Å²) in [5.74, 6) is -5.88. The Morgan fingerprint density at radius 3 is 1.89 bits per heavy atom. The molecule has 4 aromatic rings. The van der Waals surface area contributed by atoms with Crippen LogP contribution in [-0.4, -0.2) is 93.7 Å². The normalized spacial score (nSPS) is 24.8. The number of alkyl halides is 4. The molecule has 2 saturated carbocycles. The molecule has 2 aliphatic heterocycles. The number of ether oxygens (including phenoxy) is 1. The number of aromatic nitrogens is 6. The zero-order chi connectivity index (χ0) is 47.8. The van der Waals surface area contributed by atoms with Crippen LogP contribution in [0.1, 0.15) is 146 Å². The van der Waals surface area contributed by atoms with Crippen LogP contribution in [0.5, 0.6) is 0 Å². The lowest BCUT2D eigenvalue weighted by atomic mass is 9.76. The second kappa shape index (κ2) is 18.7. The molecule has 4 amide bonds. The maximum Gasteiger partial charge on any atom is 0.414 e. The number of amides is 4. The van der Waals surface area contributed by atoms with Crippen LogP contribution in [0.15, 0.2) is 36.9 Å². The summed E-state index contributed by atoms with van der Waals surface area (Å²) in [6.07, 6.45) is 9.27. The molecule has 8 rings (SSSR count). The van der Waals surface area contributed by atoms with E-state index in [9.17, 15) is 41.8 Å². The second-order valence-corrected chi connectivity index (χ2v) is 20.4. The van der Waals surface area contributed by atoms with E-state index in [1.807, 2.05) is 13.0 Å². The van der Waals surface area contributed by atoms with Gasteiger partial charge in [-0.15, -0.1) is 0 Å². The molecular weight excluding hydrogens is 865 g/mol. The third-order valence-electron chi connectivity index (χ3n) is 13.7. The first-order valence-electron chi connectivity index (χ1n) is 22.9. The molecule has 5 N–H and O–H groups in total. The van der Waals surface area contributed by atoms with Gasteiger partial charge >= 0.3 is 12.2 Å². The average molecular weight is 927 g/mol. The maximum absolute atomic E-state index is 13.9. The molecule has 2 aliphatic carbocycles. The van der Waals surface area contributed by atoms with Crippen LogP contribution in [0.4, 0.5) is 27.2 Å². The lowest BCUT2D eigenvalue weighted by Crippen LogP contribution is -2.50. The molecule has 4 aliphatic rings. The minimum absolute atomic E-state index is 0.00820.